The minimum Gasteiger partial charge on any atom is -0.384 e. The van der Waals surface area contributed by atoms with Crippen LogP contribution >= 0.6 is 11.8 Å². The highest BCUT2D eigenvalue weighted by atomic mass is 32.2. The Kier molecular flexibility index (Phi) is 3.64. The van der Waals surface area contributed by atoms with Gasteiger partial charge in [-0.15, -0.1) is 0 Å². The molecule has 1 aliphatic heterocycles. The number of carbonyl (C=O) groups excluding carboxylic acids is 2. The van der Waals surface area contributed by atoms with Crippen molar-refractivity contribution in [2.24, 2.45) is 0 Å². The van der Waals surface area contributed by atoms with Crippen molar-refractivity contribution in [1.29, 1.82) is 0 Å². The number of aromatic nitrogens is 1. The second-order valence-corrected chi connectivity index (χ2v) is 5.71. The number of nitrogens with two attached hydrogens (primary N) is 1. The van der Waals surface area contributed by atoms with Gasteiger partial charge in [0, 0.05) is 11.0 Å². The van der Waals surface area contributed by atoms with Crippen molar-refractivity contribution in [3.05, 3.63) is 51.8 Å². The number of nitrogen functional groups attached to an aromatic ring is 1. The van der Waals surface area contributed by atoms with Crippen LogP contribution in [0.2, 0.25) is 0 Å². The number of fused-ring (bicyclic) bond motifs is 1. The van der Waals surface area contributed by atoms with E-state index in [1.807, 2.05) is 0 Å². The summed E-state index contributed by atoms with van der Waals surface area (Å²) < 4.78 is 25.9. The van der Waals surface area contributed by atoms with Crippen LogP contribution < -0.4 is 16.6 Å². The topological polar surface area (TPSA) is 94.2 Å². The number of anilines is 1. The summed E-state index contributed by atoms with van der Waals surface area (Å²) >= 11 is 0.322. The van der Waals surface area contributed by atoms with Gasteiger partial charge in [-0.3, -0.25) is 24.3 Å². The molecule has 3 N–H and O–H groups in total. The van der Waals surface area contributed by atoms with Crippen LogP contribution in [0, 0.1) is 0 Å². The highest BCUT2D eigenvalue weighted by molar-refractivity contribution is 7.99. The first-order valence-corrected chi connectivity index (χ1v) is 7.23. The molecule has 0 unspecified atom stereocenters. The van der Waals surface area contributed by atoms with Crippen LogP contribution in [0.5, 0.6) is 0 Å². The van der Waals surface area contributed by atoms with E-state index in [-0.39, 0.29) is 27.5 Å². The molecule has 0 saturated carbocycles. The van der Waals surface area contributed by atoms with E-state index < -0.39 is 23.1 Å². The summed E-state index contributed by atoms with van der Waals surface area (Å²) in [6, 6.07) is 6.80. The quantitative estimate of drug-likeness (QED) is 0.656. The maximum atomic E-state index is 12.5. The van der Waals surface area contributed by atoms with Crippen LogP contribution in [-0.2, 0) is 0 Å². The van der Waals surface area contributed by atoms with Crippen LogP contribution in [0.3, 0.4) is 0 Å². The third-order valence-electron chi connectivity index (χ3n) is 3.25. The lowest BCUT2D eigenvalue weighted by Gasteiger charge is -2.12. The number of benzene rings is 1. The van der Waals surface area contributed by atoms with Crippen molar-refractivity contribution in [2.45, 2.75) is 10.7 Å². The molecule has 2 amide bonds. The molecule has 0 atom stereocenters. The number of nitrogens with one attached hydrogen (secondary N) is 1. The fraction of sp³-hybridized carbons (Fsp3) is 0.0714. The summed E-state index contributed by atoms with van der Waals surface area (Å²) in [7, 11) is 0. The predicted octanol–water partition coefficient (Wildman–Crippen LogP) is 1.62. The third-order valence-corrected chi connectivity index (χ3v) is 3.96. The van der Waals surface area contributed by atoms with E-state index in [9.17, 15) is 23.2 Å². The first kappa shape index (κ1) is 15.2. The molecule has 0 saturated heterocycles. The predicted molar refractivity (Wildman–Crippen MR) is 80.1 cm³/mol. The van der Waals surface area contributed by atoms with Gasteiger partial charge in [0.25, 0.3) is 23.1 Å². The number of halogens is 2. The van der Waals surface area contributed by atoms with Crippen molar-refractivity contribution in [1.82, 2.24) is 9.88 Å². The van der Waals surface area contributed by atoms with E-state index in [1.54, 1.807) is 0 Å². The molecular weight excluding hydrogens is 328 g/mol. The maximum Gasteiger partial charge on any atom is 0.288 e. The summed E-state index contributed by atoms with van der Waals surface area (Å²) in [5, 5.41) is 2.05. The van der Waals surface area contributed by atoms with Gasteiger partial charge >= 0.3 is 0 Å². The van der Waals surface area contributed by atoms with E-state index in [0.29, 0.717) is 11.8 Å². The normalized spacial score (nSPS) is 13.3. The number of hydrogen-bond acceptors (Lipinski definition) is 5. The molecule has 23 heavy (non-hydrogen) atoms. The van der Waals surface area contributed by atoms with E-state index in [0.717, 1.165) is 10.6 Å². The first-order chi connectivity index (χ1) is 10.9. The van der Waals surface area contributed by atoms with Gasteiger partial charge in [0.2, 0.25) is 0 Å². The molecule has 1 aromatic heterocycles. The van der Waals surface area contributed by atoms with E-state index >= 15 is 0 Å². The molecule has 118 valence electrons. The monoisotopic (exact) mass is 337 g/mol. The van der Waals surface area contributed by atoms with Crippen molar-refractivity contribution >= 4 is 29.4 Å². The minimum absolute atomic E-state index is 0.0909. The number of hydrogen-bond donors (Lipinski definition) is 2. The zero-order valence-corrected chi connectivity index (χ0v) is 12.2. The first-order valence-electron chi connectivity index (χ1n) is 6.35. The fourth-order valence-electron chi connectivity index (χ4n) is 2.34. The van der Waals surface area contributed by atoms with Crippen LogP contribution in [0.1, 0.15) is 20.7 Å². The van der Waals surface area contributed by atoms with Crippen LogP contribution in [-0.4, -0.2) is 22.1 Å². The Hall–Kier alpha value is -2.68. The molecule has 0 fully saturated rings. The number of nitrogens with zero attached hydrogens (tertiary/aromatic N) is 1. The van der Waals surface area contributed by atoms with Crippen LogP contribution in [0.15, 0.2) is 40.0 Å². The Balaban J connectivity index is 2.19. The zero-order valence-electron chi connectivity index (χ0n) is 11.4. The van der Waals surface area contributed by atoms with Gasteiger partial charge in [0.1, 0.15) is 5.82 Å². The van der Waals surface area contributed by atoms with E-state index in [2.05, 4.69) is 5.32 Å². The second kappa shape index (κ2) is 5.51. The number of amides is 2. The number of alkyl halides is 2. The Morgan fingerprint density at radius 3 is 2.57 bits per heavy atom. The number of pyridine rings is 1. The van der Waals surface area contributed by atoms with E-state index in [4.69, 9.17) is 5.73 Å². The number of rotatable bonds is 3. The molecule has 3 rings (SSSR count). The zero-order chi connectivity index (χ0) is 16.7. The molecule has 0 radical (unpaired) electrons. The number of carbonyl (C=O) groups is 2. The second-order valence-electron chi connectivity index (χ2n) is 4.65. The van der Waals surface area contributed by atoms with Crippen LogP contribution in [0.25, 0.3) is 5.69 Å². The van der Waals surface area contributed by atoms with Gasteiger partial charge in [0.05, 0.1) is 16.8 Å². The summed E-state index contributed by atoms with van der Waals surface area (Å²) in [5.41, 5.74) is 5.28. The van der Waals surface area contributed by atoms with Gasteiger partial charge in [0.15, 0.2) is 0 Å². The summed E-state index contributed by atoms with van der Waals surface area (Å²) in [6.45, 7) is 0. The molecule has 9 heteroatoms. The van der Waals surface area contributed by atoms with Crippen molar-refractivity contribution in [3.8, 4) is 5.69 Å². The molecular formula is C14H9F2N3O3S. The number of thioether (sulfide) groups is 1. The summed E-state index contributed by atoms with van der Waals surface area (Å²) in [6.07, 6.45) is 0. The average molecular weight is 337 g/mol. The molecule has 2 heterocycles. The SMILES string of the molecule is Nc1c2c(cc(=O)n1-c1cccc(SC(F)F)c1)C(=O)NC2=O. The Morgan fingerprint density at radius 2 is 1.87 bits per heavy atom. The smallest absolute Gasteiger partial charge is 0.288 e. The fourth-order valence-corrected chi connectivity index (χ4v) is 2.90. The third kappa shape index (κ3) is 2.59. The molecule has 0 spiro atoms. The average Bonchev–Trinajstić information content (AvgIpc) is 2.73. The molecule has 2 aromatic rings. The molecule has 1 aromatic carbocycles. The van der Waals surface area contributed by atoms with Crippen LogP contribution in [0.4, 0.5) is 14.6 Å². The maximum absolute atomic E-state index is 12.5. The van der Waals surface area contributed by atoms with E-state index in [1.165, 1.54) is 24.3 Å². The number of imide groups is 1. The summed E-state index contributed by atoms with van der Waals surface area (Å²) in [4.78, 5) is 35.8. The lowest BCUT2D eigenvalue weighted by Crippen LogP contribution is -2.24. The van der Waals surface area contributed by atoms with Crippen molar-refractivity contribution in [2.75, 3.05) is 5.73 Å². The lowest BCUT2D eigenvalue weighted by atomic mass is 10.1. The van der Waals surface area contributed by atoms with Gasteiger partial charge in [-0.2, -0.15) is 8.78 Å². The molecule has 0 aliphatic carbocycles. The Morgan fingerprint density at radius 1 is 1.13 bits per heavy atom. The van der Waals surface area contributed by atoms with Crippen molar-refractivity contribution < 1.29 is 18.4 Å². The summed E-state index contributed by atoms with van der Waals surface area (Å²) in [5.74, 6) is -4.21. The van der Waals surface area contributed by atoms with Gasteiger partial charge < -0.3 is 5.73 Å². The highest BCUT2D eigenvalue weighted by Gasteiger charge is 2.31. The highest BCUT2D eigenvalue weighted by Crippen LogP contribution is 2.28. The lowest BCUT2D eigenvalue weighted by molar-refractivity contribution is 0.0880. The molecule has 6 nitrogen and oxygen atoms in total. The van der Waals surface area contributed by atoms with Crippen molar-refractivity contribution in [3.63, 3.8) is 0 Å². The largest absolute Gasteiger partial charge is 0.384 e. The molecule has 1 aliphatic rings. The Labute approximate surface area is 132 Å². The Bertz CT molecular complexity index is 895. The van der Waals surface area contributed by atoms with Gasteiger partial charge in [-0.05, 0) is 18.2 Å². The van der Waals surface area contributed by atoms with Gasteiger partial charge in [-0.25, -0.2) is 0 Å². The minimum atomic E-state index is -2.61. The van der Waals surface area contributed by atoms with Gasteiger partial charge in [-0.1, -0.05) is 17.8 Å². The standard InChI is InChI=1S/C14H9F2N3O3S/c15-14(16)23-7-3-1-2-6(4-7)19-9(20)5-8-10(11(19)17)13(22)18-12(8)21/h1-5,14H,17H2,(H,18,21,22). The molecule has 0 bridgehead atoms.